The number of rotatable bonds is 4. The number of nitrogens with zero attached hydrogens (tertiary/aromatic N) is 4. The van der Waals surface area contributed by atoms with Crippen molar-refractivity contribution in [2.45, 2.75) is 33.2 Å². The van der Waals surface area contributed by atoms with Crippen LogP contribution in [0.15, 0.2) is 29.8 Å². The lowest BCUT2D eigenvalue weighted by molar-refractivity contribution is -0.125. The minimum absolute atomic E-state index is 0.0827. The van der Waals surface area contributed by atoms with E-state index >= 15 is 0 Å². The Morgan fingerprint density at radius 1 is 1.26 bits per heavy atom. The van der Waals surface area contributed by atoms with E-state index in [-0.39, 0.29) is 11.8 Å². The zero-order chi connectivity index (χ0) is 18.8. The Kier molecular flexibility index (Phi) is 5.03. The van der Waals surface area contributed by atoms with Crippen LogP contribution in [0.1, 0.15) is 29.1 Å². The number of pyridine rings is 1. The minimum Gasteiger partial charge on any atom is -0.370 e. The van der Waals surface area contributed by atoms with Crippen molar-refractivity contribution in [2.24, 2.45) is 5.92 Å². The summed E-state index contributed by atoms with van der Waals surface area (Å²) in [6, 6.07) is 6.11. The molecule has 0 unspecified atom stereocenters. The van der Waals surface area contributed by atoms with Gasteiger partial charge in [0.25, 0.3) is 0 Å². The first kappa shape index (κ1) is 17.9. The summed E-state index contributed by atoms with van der Waals surface area (Å²) in [6.45, 7) is 6.24. The number of thiophene rings is 1. The Morgan fingerprint density at radius 3 is 2.78 bits per heavy atom. The van der Waals surface area contributed by atoms with Crippen LogP contribution in [0, 0.1) is 19.8 Å². The van der Waals surface area contributed by atoms with Crippen molar-refractivity contribution in [1.82, 2.24) is 20.3 Å². The summed E-state index contributed by atoms with van der Waals surface area (Å²) in [6.07, 6.45) is 3.57. The number of hydrogen-bond donors (Lipinski definition) is 1. The van der Waals surface area contributed by atoms with Crippen LogP contribution < -0.4 is 10.2 Å². The molecule has 0 bridgehead atoms. The van der Waals surface area contributed by atoms with Crippen molar-refractivity contribution in [1.29, 1.82) is 0 Å². The molecule has 0 aromatic carbocycles. The second-order valence-corrected chi connectivity index (χ2v) is 8.02. The second kappa shape index (κ2) is 7.60. The molecule has 0 spiro atoms. The highest BCUT2D eigenvalue weighted by molar-refractivity contribution is 7.09. The van der Waals surface area contributed by atoms with Gasteiger partial charge in [-0.25, -0.2) is 15.0 Å². The van der Waals surface area contributed by atoms with Crippen LogP contribution in [0.5, 0.6) is 0 Å². The van der Waals surface area contributed by atoms with Gasteiger partial charge in [0.1, 0.15) is 5.52 Å². The number of fused-ring (bicyclic) bond motifs is 1. The largest absolute Gasteiger partial charge is 0.370 e. The molecule has 1 amide bonds. The molecule has 1 aliphatic heterocycles. The highest BCUT2D eigenvalue weighted by atomic mass is 32.1. The van der Waals surface area contributed by atoms with Gasteiger partial charge in [-0.1, -0.05) is 6.07 Å². The molecular formula is C20H23N5OS. The fourth-order valence-electron chi connectivity index (χ4n) is 3.41. The molecule has 140 valence electrons. The zero-order valence-corrected chi connectivity index (χ0v) is 16.4. The van der Waals surface area contributed by atoms with Crippen molar-refractivity contribution in [3.8, 4) is 0 Å². The van der Waals surface area contributed by atoms with Gasteiger partial charge in [0.05, 0.1) is 29.8 Å². The molecule has 3 aromatic rings. The monoisotopic (exact) mass is 381 g/mol. The molecule has 4 heterocycles. The molecule has 4 rings (SSSR count). The molecule has 1 N–H and O–H groups in total. The maximum absolute atomic E-state index is 12.4. The van der Waals surface area contributed by atoms with Gasteiger partial charge in [-0.2, -0.15) is 0 Å². The highest BCUT2D eigenvalue weighted by Crippen LogP contribution is 2.25. The average molecular weight is 382 g/mol. The SMILES string of the molecule is Cc1nc2cc(N3CCC(C(=O)NCc4cccs4)CC3)cnc2nc1C. The number of carbonyl (C=O) groups excluding carboxylic acids is 1. The maximum Gasteiger partial charge on any atom is 0.223 e. The number of amides is 1. The van der Waals surface area contributed by atoms with Crippen LogP contribution >= 0.6 is 11.3 Å². The van der Waals surface area contributed by atoms with Crippen LogP contribution in [-0.2, 0) is 11.3 Å². The number of anilines is 1. The van der Waals surface area contributed by atoms with Gasteiger partial charge in [0.15, 0.2) is 5.65 Å². The topological polar surface area (TPSA) is 71.0 Å². The number of piperidine rings is 1. The summed E-state index contributed by atoms with van der Waals surface area (Å²) in [7, 11) is 0. The molecule has 3 aromatic heterocycles. The van der Waals surface area contributed by atoms with Crippen LogP contribution in [0.3, 0.4) is 0 Å². The van der Waals surface area contributed by atoms with E-state index in [0.717, 1.165) is 48.5 Å². The Labute approximate surface area is 162 Å². The summed E-state index contributed by atoms with van der Waals surface area (Å²) >= 11 is 1.67. The van der Waals surface area contributed by atoms with Crippen LogP contribution in [0.4, 0.5) is 5.69 Å². The van der Waals surface area contributed by atoms with Crippen molar-refractivity contribution in [3.63, 3.8) is 0 Å². The lowest BCUT2D eigenvalue weighted by Crippen LogP contribution is -2.40. The zero-order valence-electron chi connectivity index (χ0n) is 15.6. The molecule has 27 heavy (non-hydrogen) atoms. The van der Waals surface area contributed by atoms with Crippen LogP contribution in [0.2, 0.25) is 0 Å². The summed E-state index contributed by atoms with van der Waals surface area (Å²) in [4.78, 5) is 29.5. The van der Waals surface area contributed by atoms with Gasteiger partial charge in [-0.05, 0) is 44.2 Å². The quantitative estimate of drug-likeness (QED) is 0.751. The van der Waals surface area contributed by atoms with Gasteiger partial charge in [0.2, 0.25) is 5.91 Å². The van der Waals surface area contributed by atoms with Gasteiger partial charge < -0.3 is 10.2 Å². The van der Waals surface area contributed by atoms with E-state index in [2.05, 4.69) is 31.2 Å². The molecule has 7 heteroatoms. The van der Waals surface area contributed by atoms with E-state index in [1.54, 1.807) is 11.3 Å². The van der Waals surface area contributed by atoms with Crippen LogP contribution in [0.25, 0.3) is 11.2 Å². The first-order valence-corrected chi connectivity index (χ1v) is 10.1. The average Bonchev–Trinajstić information content (AvgIpc) is 3.20. The Morgan fingerprint density at radius 2 is 2.04 bits per heavy atom. The van der Waals surface area contributed by atoms with E-state index in [9.17, 15) is 4.79 Å². The molecule has 0 saturated carbocycles. The lowest BCUT2D eigenvalue weighted by atomic mass is 9.95. The fourth-order valence-corrected chi connectivity index (χ4v) is 4.05. The lowest BCUT2D eigenvalue weighted by Gasteiger charge is -2.32. The maximum atomic E-state index is 12.4. The van der Waals surface area contributed by atoms with E-state index in [0.29, 0.717) is 12.2 Å². The third kappa shape index (κ3) is 3.93. The van der Waals surface area contributed by atoms with Crippen molar-refractivity contribution < 1.29 is 4.79 Å². The van der Waals surface area contributed by atoms with Gasteiger partial charge in [-0.3, -0.25) is 4.79 Å². The minimum atomic E-state index is 0.0827. The number of aryl methyl sites for hydroxylation is 2. The second-order valence-electron chi connectivity index (χ2n) is 6.99. The molecule has 1 aliphatic rings. The molecule has 1 saturated heterocycles. The highest BCUT2D eigenvalue weighted by Gasteiger charge is 2.25. The van der Waals surface area contributed by atoms with E-state index in [4.69, 9.17) is 0 Å². The molecule has 0 radical (unpaired) electrons. The van der Waals surface area contributed by atoms with E-state index < -0.39 is 0 Å². The Hall–Kier alpha value is -2.54. The van der Waals surface area contributed by atoms with E-state index in [1.165, 1.54) is 4.88 Å². The van der Waals surface area contributed by atoms with E-state index in [1.807, 2.05) is 37.6 Å². The third-order valence-electron chi connectivity index (χ3n) is 5.17. The molecule has 0 atom stereocenters. The summed E-state index contributed by atoms with van der Waals surface area (Å²) in [5.41, 5.74) is 4.41. The van der Waals surface area contributed by atoms with Gasteiger partial charge >= 0.3 is 0 Å². The standard InChI is InChI=1S/C20H23N5OS/c1-13-14(2)24-19-18(23-13)10-16(11-21-19)25-7-5-15(6-8-25)20(26)22-12-17-4-3-9-27-17/h3-4,9-11,15H,5-8,12H2,1-2H3,(H,22,26). The molecule has 6 nitrogen and oxygen atoms in total. The first-order valence-electron chi connectivity index (χ1n) is 9.26. The first-order chi connectivity index (χ1) is 13.1. The smallest absolute Gasteiger partial charge is 0.223 e. The van der Waals surface area contributed by atoms with Gasteiger partial charge in [0, 0.05) is 23.9 Å². The van der Waals surface area contributed by atoms with Crippen molar-refractivity contribution >= 4 is 34.1 Å². The Bertz CT molecular complexity index is 948. The van der Waals surface area contributed by atoms with Crippen molar-refractivity contribution in [2.75, 3.05) is 18.0 Å². The number of hydrogen-bond acceptors (Lipinski definition) is 6. The number of aromatic nitrogens is 3. The summed E-state index contributed by atoms with van der Waals surface area (Å²) < 4.78 is 0. The van der Waals surface area contributed by atoms with Crippen LogP contribution in [-0.4, -0.2) is 33.9 Å². The fraction of sp³-hybridized carbons (Fsp3) is 0.400. The number of nitrogens with one attached hydrogen (secondary N) is 1. The predicted molar refractivity (Wildman–Crippen MR) is 108 cm³/mol. The summed E-state index contributed by atoms with van der Waals surface area (Å²) in [5.74, 6) is 0.246. The normalized spacial score (nSPS) is 15.3. The predicted octanol–water partition coefficient (Wildman–Crippen LogP) is 3.24. The third-order valence-corrected chi connectivity index (χ3v) is 6.04. The number of carbonyl (C=O) groups is 1. The van der Waals surface area contributed by atoms with Gasteiger partial charge in [-0.15, -0.1) is 11.3 Å². The molecule has 1 fully saturated rings. The van der Waals surface area contributed by atoms with Crippen molar-refractivity contribution in [3.05, 3.63) is 46.0 Å². The summed E-state index contributed by atoms with van der Waals surface area (Å²) in [5, 5.41) is 5.10. The molecule has 0 aliphatic carbocycles. The molecular weight excluding hydrogens is 358 g/mol. The Balaban J connectivity index is 1.38.